The van der Waals surface area contributed by atoms with Crippen LogP contribution in [0.3, 0.4) is 0 Å². The van der Waals surface area contributed by atoms with Gasteiger partial charge >= 0.3 is 0 Å². The molecule has 3 aromatic rings. The number of pyridine rings is 3. The molecule has 0 saturated carbocycles. The Hall–Kier alpha value is -3.22. The molecule has 0 unspecified atom stereocenters. The Labute approximate surface area is 136 Å². The summed E-state index contributed by atoms with van der Waals surface area (Å²) >= 11 is 0. The van der Waals surface area contributed by atoms with Gasteiger partial charge in [0.15, 0.2) is 0 Å². The highest BCUT2D eigenvalue weighted by Gasteiger charge is 2.15. The Kier molecular flexibility index (Phi) is 4.24. The molecule has 7 heteroatoms. The summed E-state index contributed by atoms with van der Waals surface area (Å²) in [4.78, 5) is 23.7. The topological polar surface area (TPSA) is 67.8 Å². The third-order valence-electron chi connectivity index (χ3n) is 3.39. The molecule has 3 rings (SSSR count). The lowest BCUT2D eigenvalue weighted by molar-refractivity contribution is 0.102. The summed E-state index contributed by atoms with van der Waals surface area (Å²) in [5, 5.41) is 2.48. The highest BCUT2D eigenvalue weighted by atomic mass is 19.1. The van der Waals surface area contributed by atoms with E-state index in [0.717, 1.165) is 18.0 Å². The number of carbonyl (C=O) groups excluding carboxylic acids is 1. The molecule has 0 fully saturated rings. The first-order chi connectivity index (χ1) is 11.5. The maximum atomic E-state index is 14.1. The maximum absolute atomic E-state index is 14.1. The van der Waals surface area contributed by atoms with E-state index in [1.165, 1.54) is 24.4 Å². The average Bonchev–Trinajstić information content (AvgIpc) is 2.58. The fraction of sp³-hybridized carbons (Fsp3) is 0.0588. The predicted molar refractivity (Wildman–Crippen MR) is 84.3 cm³/mol. The van der Waals surface area contributed by atoms with Crippen molar-refractivity contribution in [2.24, 2.45) is 0 Å². The van der Waals surface area contributed by atoms with E-state index >= 15 is 0 Å². The van der Waals surface area contributed by atoms with E-state index in [-0.39, 0.29) is 17.1 Å². The highest BCUT2D eigenvalue weighted by molar-refractivity contribution is 6.03. The van der Waals surface area contributed by atoms with E-state index in [0.29, 0.717) is 5.56 Å². The zero-order valence-electron chi connectivity index (χ0n) is 12.6. The van der Waals surface area contributed by atoms with Gasteiger partial charge in [-0.05, 0) is 36.8 Å². The Bertz CT molecular complexity index is 897. The summed E-state index contributed by atoms with van der Waals surface area (Å²) in [5.41, 5.74) is 1.64. The third kappa shape index (κ3) is 3.24. The molecule has 0 aliphatic carbocycles. The molecule has 0 aromatic carbocycles. The van der Waals surface area contributed by atoms with Gasteiger partial charge in [-0.15, -0.1) is 0 Å². The number of aryl methyl sites for hydroxylation is 1. The fourth-order valence-corrected chi connectivity index (χ4v) is 2.15. The van der Waals surface area contributed by atoms with Crippen molar-refractivity contribution in [3.63, 3.8) is 0 Å². The molecule has 1 N–H and O–H groups in total. The first-order valence-corrected chi connectivity index (χ1v) is 7.04. The average molecular weight is 326 g/mol. The van der Waals surface area contributed by atoms with Crippen LogP contribution in [0.1, 0.15) is 16.1 Å². The SMILES string of the molecule is Cc1ccncc1-c1cc(C(=O)Nc2ccc(F)cn2)ncc1F. The predicted octanol–water partition coefficient (Wildman–Crippen LogP) is 3.38. The van der Waals surface area contributed by atoms with Gasteiger partial charge < -0.3 is 5.32 Å². The summed E-state index contributed by atoms with van der Waals surface area (Å²) in [5.74, 6) is -1.46. The van der Waals surface area contributed by atoms with Crippen LogP contribution in [0.15, 0.2) is 49.1 Å². The number of hydrogen-bond acceptors (Lipinski definition) is 4. The van der Waals surface area contributed by atoms with Crippen molar-refractivity contribution in [3.8, 4) is 11.1 Å². The number of aromatic nitrogens is 3. The third-order valence-corrected chi connectivity index (χ3v) is 3.39. The zero-order valence-corrected chi connectivity index (χ0v) is 12.6. The minimum Gasteiger partial charge on any atom is -0.305 e. The van der Waals surface area contributed by atoms with Gasteiger partial charge in [0.25, 0.3) is 5.91 Å². The summed E-state index contributed by atoms with van der Waals surface area (Å²) < 4.78 is 26.9. The molecule has 0 saturated heterocycles. The van der Waals surface area contributed by atoms with Crippen LogP contribution in [0.4, 0.5) is 14.6 Å². The van der Waals surface area contributed by atoms with Crippen molar-refractivity contribution in [2.75, 3.05) is 5.32 Å². The van der Waals surface area contributed by atoms with E-state index in [4.69, 9.17) is 0 Å². The number of carbonyl (C=O) groups is 1. The number of nitrogens with one attached hydrogen (secondary N) is 1. The van der Waals surface area contributed by atoms with Crippen molar-refractivity contribution < 1.29 is 13.6 Å². The smallest absolute Gasteiger partial charge is 0.275 e. The summed E-state index contributed by atoms with van der Waals surface area (Å²) in [7, 11) is 0. The zero-order chi connectivity index (χ0) is 17.1. The van der Waals surface area contributed by atoms with E-state index in [1.54, 1.807) is 12.3 Å². The number of nitrogens with zero attached hydrogens (tertiary/aromatic N) is 3. The van der Waals surface area contributed by atoms with Gasteiger partial charge in [-0.2, -0.15) is 0 Å². The molecule has 3 heterocycles. The molecule has 0 spiro atoms. The van der Waals surface area contributed by atoms with Crippen LogP contribution in [0, 0.1) is 18.6 Å². The lowest BCUT2D eigenvalue weighted by atomic mass is 10.0. The molecule has 24 heavy (non-hydrogen) atoms. The van der Waals surface area contributed by atoms with Gasteiger partial charge in [0.1, 0.15) is 23.1 Å². The second kappa shape index (κ2) is 6.49. The summed E-state index contributed by atoms with van der Waals surface area (Å²) in [6, 6.07) is 5.59. The molecule has 120 valence electrons. The molecule has 0 atom stereocenters. The van der Waals surface area contributed by atoms with Crippen molar-refractivity contribution in [1.29, 1.82) is 0 Å². The van der Waals surface area contributed by atoms with Gasteiger partial charge in [0.2, 0.25) is 0 Å². The van der Waals surface area contributed by atoms with Crippen LogP contribution in [0.25, 0.3) is 11.1 Å². The Morgan fingerprint density at radius 1 is 1.04 bits per heavy atom. The van der Waals surface area contributed by atoms with Crippen LogP contribution >= 0.6 is 0 Å². The Morgan fingerprint density at radius 2 is 1.88 bits per heavy atom. The Morgan fingerprint density at radius 3 is 2.58 bits per heavy atom. The lowest BCUT2D eigenvalue weighted by Crippen LogP contribution is -2.15. The minimum absolute atomic E-state index is 0.0146. The second-order valence-corrected chi connectivity index (χ2v) is 5.06. The van der Waals surface area contributed by atoms with E-state index < -0.39 is 17.5 Å². The molecule has 0 bridgehead atoms. The summed E-state index contributed by atoms with van der Waals surface area (Å²) in [6.07, 6.45) is 5.09. The number of amides is 1. The van der Waals surface area contributed by atoms with E-state index in [2.05, 4.69) is 20.3 Å². The van der Waals surface area contributed by atoms with Gasteiger partial charge in [-0.1, -0.05) is 0 Å². The summed E-state index contributed by atoms with van der Waals surface area (Å²) in [6.45, 7) is 1.82. The highest BCUT2D eigenvalue weighted by Crippen LogP contribution is 2.25. The van der Waals surface area contributed by atoms with Crippen molar-refractivity contribution in [3.05, 3.63) is 71.9 Å². The number of halogens is 2. The van der Waals surface area contributed by atoms with Crippen molar-refractivity contribution >= 4 is 11.7 Å². The fourth-order valence-electron chi connectivity index (χ4n) is 2.15. The molecule has 1 amide bonds. The Balaban J connectivity index is 1.92. The van der Waals surface area contributed by atoms with Gasteiger partial charge in [-0.25, -0.2) is 18.7 Å². The number of anilines is 1. The minimum atomic E-state index is -0.572. The van der Waals surface area contributed by atoms with Crippen LogP contribution in [-0.2, 0) is 0 Å². The quantitative estimate of drug-likeness (QED) is 0.801. The molecule has 3 aromatic heterocycles. The number of hydrogen-bond donors (Lipinski definition) is 1. The lowest BCUT2D eigenvalue weighted by Gasteiger charge is -2.09. The standard InChI is InChI=1S/C17H12F2N4O/c1-10-4-5-20-8-13(10)12-6-15(21-9-14(12)19)17(24)23-16-3-2-11(18)7-22-16/h2-9H,1H3,(H,22,23,24). The molecular formula is C17H12F2N4O. The molecule has 0 radical (unpaired) electrons. The van der Waals surface area contributed by atoms with Crippen molar-refractivity contribution in [1.82, 2.24) is 15.0 Å². The van der Waals surface area contributed by atoms with Crippen LogP contribution < -0.4 is 5.32 Å². The molecule has 0 aliphatic rings. The largest absolute Gasteiger partial charge is 0.305 e. The molecular weight excluding hydrogens is 314 g/mol. The van der Waals surface area contributed by atoms with Gasteiger partial charge in [-0.3, -0.25) is 9.78 Å². The molecule has 0 aliphatic heterocycles. The van der Waals surface area contributed by atoms with Gasteiger partial charge in [0, 0.05) is 23.5 Å². The monoisotopic (exact) mass is 326 g/mol. The van der Waals surface area contributed by atoms with Crippen LogP contribution in [0.5, 0.6) is 0 Å². The van der Waals surface area contributed by atoms with E-state index in [9.17, 15) is 13.6 Å². The second-order valence-electron chi connectivity index (χ2n) is 5.06. The van der Waals surface area contributed by atoms with Crippen LogP contribution in [0.2, 0.25) is 0 Å². The van der Waals surface area contributed by atoms with Crippen molar-refractivity contribution in [2.45, 2.75) is 6.92 Å². The maximum Gasteiger partial charge on any atom is 0.275 e. The van der Waals surface area contributed by atoms with E-state index in [1.807, 2.05) is 6.92 Å². The normalized spacial score (nSPS) is 10.5. The first kappa shape index (κ1) is 15.7. The van der Waals surface area contributed by atoms with Gasteiger partial charge in [0.05, 0.1) is 12.4 Å². The molecule has 5 nitrogen and oxygen atoms in total. The first-order valence-electron chi connectivity index (χ1n) is 7.04. The van der Waals surface area contributed by atoms with Crippen LogP contribution in [-0.4, -0.2) is 20.9 Å². The number of rotatable bonds is 3.